The van der Waals surface area contributed by atoms with Crippen LogP contribution in [0.15, 0.2) is 66.4 Å². The van der Waals surface area contributed by atoms with Crippen molar-refractivity contribution < 1.29 is 96.4 Å². The molecule has 0 bridgehead atoms. The zero-order valence-corrected chi connectivity index (χ0v) is 52.8. The molecule has 22 heteroatoms. The molecule has 3 aromatic carbocycles. The topological polar surface area (TPSA) is 316 Å². The molecular formula is C68H78N2O20. The third-order valence-electron chi connectivity index (χ3n) is 21.8. The number of epoxide rings is 1. The van der Waals surface area contributed by atoms with Crippen LogP contribution in [0.3, 0.4) is 0 Å². The fourth-order valence-corrected chi connectivity index (χ4v) is 17.8. The number of nitrogens with one attached hydrogen (secondary N) is 2. The van der Waals surface area contributed by atoms with E-state index in [1.807, 2.05) is 6.92 Å². The Labute approximate surface area is 520 Å². The van der Waals surface area contributed by atoms with Crippen molar-refractivity contribution in [2.45, 2.75) is 170 Å². The monoisotopic (exact) mass is 1240 g/mol. The highest BCUT2D eigenvalue weighted by atomic mass is 16.6. The van der Waals surface area contributed by atoms with Crippen molar-refractivity contribution >= 4 is 53.6 Å². The summed E-state index contributed by atoms with van der Waals surface area (Å²) in [5, 5.41) is 44.6. The number of rotatable bonds is 9. The van der Waals surface area contributed by atoms with Gasteiger partial charge in [-0.1, -0.05) is 39.0 Å². The minimum absolute atomic E-state index is 0.0202. The molecule has 90 heavy (non-hydrogen) atoms. The molecule has 6 fully saturated rings. The summed E-state index contributed by atoms with van der Waals surface area (Å²) in [6, 6.07) is 13.3. The third-order valence-corrected chi connectivity index (χ3v) is 21.8. The van der Waals surface area contributed by atoms with Gasteiger partial charge in [0.05, 0.1) is 52.7 Å². The van der Waals surface area contributed by atoms with Crippen LogP contribution in [0.1, 0.15) is 152 Å². The van der Waals surface area contributed by atoms with Crippen molar-refractivity contribution in [1.82, 2.24) is 10.6 Å². The maximum Gasteiger partial charge on any atom is 0.343 e. The van der Waals surface area contributed by atoms with E-state index < -0.39 is 189 Å². The van der Waals surface area contributed by atoms with Gasteiger partial charge in [-0.2, -0.15) is 0 Å². The number of aliphatic hydroxyl groups excluding tert-OH is 2. The van der Waals surface area contributed by atoms with E-state index in [0.29, 0.717) is 27.8 Å². The van der Waals surface area contributed by atoms with Crippen LogP contribution >= 0.6 is 0 Å². The Morgan fingerprint density at radius 2 is 1.26 bits per heavy atom. The van der Waals surface area contributed by atoms with Gasteiger partial charge in [-0.15, -0.1) is 0 Å². The minimum Gasteiger partial charge on any atom is -0.459 e. The number of hydrogen-bond acceptors (Lipinski definition) is 20. The first-order valence-corrected chi connectivity index (χ1v) is 30.8. The van der Waals surface area contributed by atoms with Gasteiger partial charge in [0.25, 0.3) is 5.91 Å². The largest absolute Gasteiger partial charge is 0.459 e. The van der Waals surface area contributed by atoms with Crippen LogP contribution in [-0.2, 0) is 74.0 Å². The van der Waals surface area contributed by atoms with Crippen molar-refractivity contribution in [2.24, 2.45) is 68.5 Å². The van der Waals surface area contributed by atoms with Crippen LogP contribution < -0.4 is 20.1 Å². The third kappa shape index (κ3) is 9.09. The average molecular weight is 1240 g/mol. The molecule has 0 unspecified atom stereocenters. The van der Waals surface area contributed by atoms with Gasteiger partial charge in [0.2, 0.25) is 5.91 Å². The van der Waals surface area contributed by atoms with E-state index in [0.717, 1.165) is 0 Å². The molecule has 6 aliphatic carbocycles. The molecule has 1 spiro atoms. The van der Waals surface area contributed by atoms with Crippen molar-refractivity contribution in [2.75, 3.05) is 6.54 Å². The lowest BCUT2D eigenvalue weighted by Gasteiger charge is -2.67. The smallest absolute Gasteiger partial charge is 0.343 e. The Morgan fingerprint density at radius 3 is 1.82 bits per heavy atom. The predicted molar refractivity (Wildman–Crippen MR) is 313 cm³/mol. The van der Waals surface area contributed by atoms with Crippen LogP contribution in [-0.4, -0.2) is 130 Å². The minimum atomic E-state index is -2.18. The standard InChI is InChI=1S/C68H78N2O20/c1-28-21-43-66(13,67(14,82)61(81)89-43)49-46(28)65(12)47(52(49)76)45-48(54(83-29(2)71)56(65)85-31(4)73)64(11)41(26-42-53(88-42)55(64)84-30(3)72)50(51(45)75)70-44(74)27-69-57(77)32-15-18-40-37(25-32)58(78)90-68(40)38-19-16-35(86-59(79)62(5,6)7)23-33(38)22-34-24-36(17-20-39(34)68)87-60(80)63(8,9)10/h15-21,23-25,28,41-42,45-56,75-76,82H,22,26-27H2,1-14H3,(H,69,77)(H,70,74)/t28-,41-,42+,45+,46+,47-,48-,49+,50+,51-,52-,53+,54+,55+,56+,64+,65-,66+,67-/m1/s1. The van der Waals surface area contributed by atoms with E-state index in [1.165, 1.54) is 39.8 Å². The molecule has 3 heterocycles. The Hall–Kier alpha value is -7.53. The van der Waals surface area contributed by atoms with Crippen LogP contribution in [0, 0.1) is 68.5 Å². The molecule has 9 aliphatic rings. The van der Waals surface area contributed by atoms with Crippen molar-refractivity contribution in [3.8, 4) is 11.5 Å². The van der Waals surface area contributed by atoms with E-state index in [2.05, 4.69) is 10.6 Å². The number of fused-ring (bicyclic) bond motifs is 16. The van der Waals surface area contributed by atoms with Crippen molar-refractivity contribution in [1.29, 1.82) is 0 Å². The molecule has 0 aromatic heterocycles. The summed E-state index contributed by atoms with van der Waals surface area (Å²) in [6.45, 7) is 21.7. The Balaban J connectivity index is 0.880. The number of hydrogen-bond donors (Lipinski definition) is 5. The second kappa shape index (κ2) is 20.7. The Kier molecular flexibility index (Phi) is 14.4. The Morgan fingerprint density at radius 1 is 0.689 bits per heavy atom. The van der Waals surface area contributed by atoms with Crippen LogP contribution in [0.5, 0.6) is 11.5 Å². The second-order valence-electron chi connectivity index (χ2n) is 29.3. The maximum absolute atomic E-state index is 14.7. The summed E-state index contributed by atoms with van der Waals surface area (Å²) >= 11 is 0. The summed E-state index contributed by atoms with van der Waals surface area (Å²) in [7, 11) is 0. The van der Waals surface area contributed by atoms with E-state index in [1.54, 1.807) is 111 Å². The highest BCUT2D eigenvalue weighted by molar-refractivity contribution is 6.02. The highest BCUT2D eigenvalue weighted by Gasteiger charge is 2.83. The maximum atomic E-state index is 14.7. The summed E-state index contributed by atoms with van der Waals surface area (Å²) in [6.07, 6.45) is -6.01. The average Bonchev–Trinajstić information content (AvgIpc) is 1.43. The van der Waals surface area contributed by atoms with Crippen LogP contribution in [0.2, 0.25) is 0 Å². The summed E-state index contributed by atoms with van der Waals surface area (Å²) in [5.41, 5.74) is -7.04. The number of benzene rings is 3. The first kappa shape index (κ1) is 62.7. The van der Waals surface area contributed by atoms with E-state index >= 15 is 0 Å². The van der Waals surface area contributed by atoms with Crippen molar-refractivity contribution in [3.05, 3.63) is 105 Å². The first-order valence-electron chi connectivity index (χ1n) is 30.8. The summed E-state index contributed by atoms with van der Waals surface area (Å²) in [4.78, 5) is 124. The zero-order chi connectivity index (χ0) is 65.4. The molecule has 22 nitrogen and oxygen atoms in total. The van der Waals surface area contributed by atoms with Gasteiger partial charge in [0.15, 0.2) is 11.2 Å². The quantitative estimate of drug-likeness (QED) is 0.0769. The van der Waals surface area contributed by atoms with Crippen LogP contribution in [0.25, 0.3) is 0 Å². The molecule has 0 radical (unpaired) electrons. The van der Waals surface area contributed by atoms with E-state index in [9.17, 15) is 58.5 Å². The lowest BCUT2D eigenvalue weighted by Crippen LogP contribution is -2.77. The zero-order valence-electron chi connectivity index (χ0n) is 52.8. The molecule has 12 rings (SSSR count). The molecule has 3 aliphatic heterocycles. The lowest BCUT2D eigenvalue weighted by molar-refractivity contribution is -0.285. The number of ether oxygens (including phenoxy) is 8. The van der Waals surface area contributed by atoms with Gasteiger partial charge >= 0.3 is 41.8 Å². The van der Waals surface area contributed by atoms with Crippen LogP contribution in [0.4, 0.5) is 0 Å². The number of amides is 2. The molecule has 19 atom stereocenters. The number of esters is 7. The Bertz CT molecular complexity index is 3610. The van der Waals surface area contributed by atoms with E-state index in [4.69, 9.17) is 37.9 Å². The molecule has 2 amide bonds. The molecule has 2 saturated heterocycles. The molecular weight excluding hydrogens is 1160 g/mol. The first-order chi connectivity index (χ1) is 41.9. The number of carbonyl (C=O) groups is 9. The lowest BCUT2D eigenvalue weighted by atomic mass is 9.40. The number of aliphatic hydroxyl groups is 3. The van der Waals surface area contributed by atoms with Gasteiger partial charge < -0.3 is 63.8 Å². The normalized spacial score (nSPS) is 36.7. The van der Waals surface area contributed by atoms with Gasteiger partial charge in [0, 0.05) is 71.6 Å². The predicted octanol–water partition coefficient (Wildman–Crippen LogP) is 5.46. The molecule has 5 N–H and O–H groups in total. The SMILES string of the molecule is CC(=O)O[C@H]1[C@H]2[C@@H]([C@@H](O)[C@@H](NC(=O)CNC(=O)c3ccc4c(c3)C(=O)OC43c4ccc(OC(=O)C(C)(C)C)cc4Cc4cc(OC(=O)C(C)(C)C)ccc43)[C@H]3C[C@@H]4O[C@@H]4[C@H](OC(C)=O)[C@]23C)[C@@H]2[C@@H](O)[C@@H]3[C@H]([C@H](C)C=C4OC(=O)[C@@](C)(O)[C@@]43C)[C@@]2(C)[C@H]1OC(C)=O. The van der Waals surface area contributed by atoms with Gasteiger partial charge in [-0.25, -0.2) is 9.59 Å². The fraction of sp³-hybridized carbons (Fsp3) is 0.574. The summed E-state index contributed by atoms with van der Waals surface area (Å²) in [5.74, 6) is -12.3. The van der Waals surface area contributed by atoms with Gasteiger partial charge in [0.1, 0.15) is 41.7 Å². The van der Waals surface area contributed by atoms with Gasteiger partial charge in [-0.3, -0.25) is 33.6 Å². The molecule has 480 valence electrons. The van der Waals surface area contributed by atoms with Crippen molar-refractivity contribution in [3.63, 3.8) is 0 Å². The van der Waals surface area contributed by atoms with E-state index in [-0.39, 0.29) is 41.2 Å². The molecule has 4 saturated carbocycles. The number of allylic oxidation sites excluding steroid dienone is 1. The van der Waals surface area contributed by atoms with Gasteiger partial charge in [-0.05, 0) is 146 Å². The highest BCUT2D eigenvalue weighted by Crippen LogP contribution is 2.76. The number of carbonyl (C=O) groups excluding carboxylic acids is 9. The molecule has 3 aromatic rings. The second-order valence-corrected chi connectivity index (χ2v) is 29.3. The fourth-order valence-electron chi connectivity index (χ4n) is 17.8. The summed E-state index contributed by atoms with van der Waals surface area (Å²) < 4.78 is 49.0.